The van der Waals surface area contributed by atoms with Gasteiger partial charge in [-0.15, -0.1) is 0 Å². The summed E-state index contributed by atoms with van der Waals surface area (Å²) in [5, 5.41) is 35.1. The smallest absolute Gasteiger partial charge is 0.220 e. The average Bonchev–Trinajstić information content (AvgIpc) is 3.31. The minimum absolute atomic E-state index is 0.105. The van der Waals surface area contributed by atoms with Gasteiger partial charge in [0.15, 0.2) is 0 Å². The predicted molar refractivity (Wildman–Crippen MR) is 296 cm³/mol. The highest BCUT2D eigenvalue weighted by molar-refractivity contribution is 9.09. The molecule has 0 spiro atoms. The maximum Gasteiger partial charge on any atom is 0.220 e. The topological polar surface area (TPSA) is 168 Å². The minimum Gasteiger partial charge on any atom is -0.550 e. The summed E-state index contributed by atoms with van der Waals surface area (Å²) in [7, 11) is 0. The number of carbonyl (C=O) groups is 4. The number of ether oxygens (including phenoxy) is 1. The summed E-state index contributed by atoms with van der Waals surface area (Å²) in [6.45, 7) is 22.3. The fraction of sp³-hybridized carbons (Fsp3) is 0.931. The highest BCUT2D eigenvalue weighted by Crippen LogP contribution is 2.22. The first kappa shape index (κ1) is 76.2. The summed E-state index contributed by atoms with van der Waals surface area (Å²) >= 11 is 3.31. The van der Waals surface area contributed by atoms with Crippen LogP contribution in [0.15, 0.2) is 0 Å². The number of nitrogens with one attached hydrogen (secondary N) is 2. The molecule has 416 valence electrons. The van der Waals surface area contributed by atoms with Gasteiger partial charge in [0.1, 0.15) is 0 Å². The highest BCUT2D eigenvalue weighted by atomic mass is 79.9. The van der Waals surface area contributed by atoms with Crippen LogP contribution in [0.1, 0.15) is 300 Å². The standard InChI is InChI=1S/C27H55NO2.C23H47NO2.C4H9Br.2C2H4O2/c1-5-9-13-14-15-20-26(30-24-12-8-4)21-22-27(29)28-23-16-19-25(17-10-6-2)18-11-7-3;1-4-7-10-11-12-17-22(25)18-19-23(26)24-20-13-16-21(14-8-5-2)15-9-6-3;1-2-3-4-5;2*1-2(3)4/h25-26H,5-24H2,1-4H3,(H,28,29);21-22,25H,4-20H2,1-3H3,(H,24,26);2-4H2,1H3;2*1H3,(H,3,4)/p-2. The number of unbranched alkanes of at least 4 members (excludes halogenated alkanes) is 14. The summed E-state index contributed by atoms with van der Waals surface area (Å²) in [4.78, 5) is 42.0. The molecule has 0 aromatic carbocycles. The maximum absolute atomic E-state index is 12.3. The van der Waals surface area contributed by atoms with Crippen LogP contribution < -0.4 is 20.8 Å². The van der Waals surface area contributed by atoms with Gasteiger partial charge in [-0.3, -0.25) is 9.59 Å². The Kier molecular flexibility index (Phi) is 73.2. The lowest BCUT2D eigenvalue weighted by Gasteiger charge is -2.18. The van der Waals surface area contributed by atoms with Crippen molar-refractivity contribution < 1.29 is 39.2 Å². The largest absolute Gasteiger partial charge is 0.550 e. The van der Waals surface area contributed by atoms with E-state index in [1.54, 1.807) is 0 Å². The summed E-state index contributed by atoms with van der Waals surface area (Å²) in [5.74, 6) is -0.162. The van der Waals surface area contributed by atoms with Gasteiger partial charge in [0.25, 0.3) is 0 Å². The highest BCUT2D eigenvalue weighted by Gasteiger charge is 2.14. The summed E-state index contributed by atoms with van der Waals surface area (Å²) in [5.41, 5.74) is 0. The molecule has 0 radical (unpaired) electrons. The van der Waals surface area contributed by atoms with Crippen molar-refractivity contribution in [3.05, 3.63) is 0 Å². The first-order chi connectivity index (χ1) is 33.2. The Morgan fingerprint density at radius 2 is 0.768 bits per heavy atom. The Balaban J connectivity index is -0.000000316. The first-order valence-corrected chi connectivity index (χ1v) is 30.0. The molecular formula is C58H117BrN2O8-2. The number of amides is 2. The molecule has 0 fully saturated rings. The molecule has 0 aliphatic rings. The lowest BCUT2D eigenvalue weighted by molar-refractivity contribution is -0.303. The first-order valence-electron chi connectivity index (χ1n) is 28.9. The molecule has 0 heterocycles. The fourth-order valence-corrected chi connectivity index (χ4v) is 8.34. The summed E-state index contributed by atoms with van der Waals surface area (Å²) in [6.07, 6.45) is 42.5. The summed E-state index contributed by atoms with van der Waals surface area (Å²) < 4.78 is 6.09. The van der Waals surface area contributed by atoms with Crippen LogP contribution in [-0.4, -0.2) is 66.1 Å². The number of hydrogen-bond donors (Lipinski definition) is 3. The molecular weight excluding hydrogens is 933 g/mol. The zero-order valence-electron chi connectivity index (χ0n) is 47.3. The van der Waals surface area contributed by atoms with Gasteiger partial charge in [-0.25, -0.2) is 0 Å². The van der Waals surface area contributed by atoms with Crippen LogP contribution in [0.2, 0.25) is 0 Å². The Hall–Kier alpha value is -1.72. The number of halogens is 1. The van der Waals surface area contributed by atoms with Gasteiger partial charge in [-0.1, -0.05) is 225 Å². The fourth-order valence-electron chi connectivity index (χ4n) is 7.78. The van der Waals surface area contributed by atoms with Crippen LogP contribution in [0, 0.1) is 11.8 Å². The van der Waals surface area contributed by atoms with Crippen LogP contribution in [0.4, 0.5) is 0 Å². The van der Waals surface area contributed by atoms with E-state index in [9.17, 15) is 14.7 Å². The number of aliphatic hydroxyl groups is 1. The molecule has 0 aliphatic heterocycles. The van der Waals surface area contributed by atoms with Crippen LogP contribution in [0.25, 0.3) is 0 Å². The third-order valence-corrected chi connectivity index (χ3v) is 12.7. The number of hydrogen-bond acceptors (Lipinski definition) is 8. The molecule has 0 bridgehead atoms. The third-order valence-electron chi connectivity index (χ3n) is 12.1. The van der Waals surface area contributed by atoms with Gasteiger partial charge in [0.2, 0.25) is 11.8 Å². The van der Waals surface area contributed by atoms with Crippen molar-refractivity contribution in [2.45, 2.75) is 313 Å². The van der Waals surface area contributed by atoms with E-state index < -0.39 is 11.9 Å². The van der Waals surface area contributed by atoms with Gasteiger partial charge in [-0.05, 0) is 89.9 Å². The zero-order chi connectivity index (χ0) is 53.0. The van der Waals surface area contributed by atoms with Crippen LogP contribution >= 0.6 is 15.9 Å². The van der Waals surface area contributed by atoms with Crippen molar-refractivity contribution in [1.82, 2.24) is 10.6 Å². The van der Waals surface area contributed by atoms with E-state index in [2.05, 4.69) is 82.0 Å². The molecule has 0 aromatic heterocycles. The SMILES string of the molecule is CC(=O)[O-].CC(=O)[O-].CCCCBr.CCCCCCCC(CCC(=O)NCCCC(CCCC)CCCC)OCCCC.CCCCCCCC(O)CCC(=O)NCCCC(CCCC)CCCC. The minimum atomic E-state index is -1.08. The number of carbonyl (C=O) groups excluding carboxylic acids is 4. The van der Waals surface area contributed by atoms with Crippen LogP contribution in [-0.2, 0) is 23.9 Å². The zero-order valence-corrected chi connectivity index (χ0v) is 48.9. The molecule has 10 nitrogen and oxygen atoms in total. The molecule has 2 amide bonds. The Labute approximate surface area is 437 Å². The molecule has 0 aliphatic carbocycles. The van der Waals surface area contributed by atoms with E-state index in [1.807, 2.05) is 0 Å². The number of rotatable bonds is 44. The second-order valence-electron chi connectivity index (χ2n) is 19.3. The number of aliphatic carboxylic acids is 2. The molecule has 0 aromatic rings. The maximum atomic E-state index is 12.3. The average molecular weight is 1050 g/mol. The van der Waals surface area contributed by atoms with E-state index in [0.29, 0.717) is 19.3 Å². The quantitative estimate of drug-likeness (QED) is 0.0400. The Bertz CT molecular complexity index is 998. The van der Waals surface area contributed by atoms with Gasteiger partial charge in [0, 0.05) is 49.8 Å². The molecule has 11 heteroatoms. The van der Waals surface area contributed by atoms with Crippen LogP contribution in [0.3, 0.4) is 0 Å². The lowest BCUT2D eigenvalue weighted by Crippen LogP contribution is -2.26. The van der Waals surface area contributed by atoms with E-state index in [0.717, 1.165) is 95.7 Å². The monoisotopic (exact) mass is 1050 g/mol. The second kappa shape index (κ2) is 66.3. The molecule has 0 saturated carbocycles. The predicted octanol–water partition coefficient (Wildman–Crippen LogP) is 14.3. The molecule has 2 unspecified atom stereocenters. The van der Waals surface area contributed by atoms with Gasteiger partial charge in [-0.2, -0.15) is 0 Å². The molecule has 0 saturated heterocycles. The van der Waals surface area contributed by atoms with Crippen molar-refractivity contribution in [2.75, 3.05) is 25.0 Å². The van der Waals surface area contributed by atoms with Gasteiger partial charge in [0.05, 0.1) is 12.2 Å². The Morgan fingerprint density at radius 3 is 1.12 bits per heavy atom. The van der Waals surface area contributed by atoms with Crippen molar-refractivity contribution >= 4 is 39.7 Å². The summed E-state index contributed by atoms with van der Waals surface area (Å²) in [6, 6.07) is 0. The van der Waals surface area contributed by atoms with Crippen molar-refractivity contribution in [3.8, 4) is 0 Å². The third kappa shape index (κ3) is 77.9. The van der Waals surface area contributed by atoms with Crippen molar-refractivity contribution in [3.63, 3.8) is 0 Å². The molecule has 69 heavy (non-hydrogen) atoms. The van der Waals surface area contributed by atoms with E-state index >= 15 is 0 Å². The van der Waals surface area contributed by atoms with Gasteiger partial charge >= 0.3 is 0 Å². The second-order valence-corrected chi connectivity index (χ2v) is 20.1. The molecule has 2 atom stereocenters. The van der Waals surface area contributed by atoms with Crippen molar-refractivity contribution in [1.29, 1.82) is 0 Å². The van der Waals surface area contributed by atoms with E-state index in [4.69, 9.17) is 24.5 Å². The number of carboxylic acids is 2. The lowest BCUT2D eigenvalue weighted by atomic mass is 9.91. The van der Waals surface area contributed by atoms with Crippen LogP contribution in [0.5, 0.6) is 0 Å². The number of carboxylic acid groups (broad SMARTS) is 2. The van der Waals surface area contributed by atoms with E-state index in [-0.39, 0.29) is 24.0 Å². The normalized spacial score (nSPS) is 11.4. The van der Waals surface area contributed by atoms with Gasteiger partial charge < -0.3 is 40.3 Å². The molecule has 3 N–H and O–H groups in total. The van der Waals surface area contributed by atoms with E-state index in [1.165, 1.54) is 167 Å². The Morgan fingerprint density at radius 1 is 0.435 bits per heavy atom. The number of alkyl halides is 1. The molecule has 0 rings (SSSR count). The van der Waals surface area contributed by atoms with Crippen molar-refractivity contribution in [2.24, 2.45) is 11.8 Å². The number of aliphatic hydroxyl groups excluding tert-OH is 1.